The van der Waals surface area contributed by atoms with Gasteiger partial charge in [0.1, 0.15) is 6.61 Å². The Morgan fingerprint density at radius 3 is 2.50 bits per heavy atom. The smallest absolute Gasteiger partial charge is 0.311 e. The average molecular weight is 308 g/mol. The molecule has 0 saturated heterocycles. The SMILES string of the molecule is CC(CC(C)(C)C(=O)OCCOCCCO)c1ccccc1. The summed E-state index contributed by atoms with van der Waals surface area (Å²) in [6.07, 6.45) is 1.34. The summed E-state index contributed by atoms with van der Waals surface area (Å²) in [5, 5.41) is 8.63. The van der Waals surface area contributed by atoms with Crippen molar-refractivity contribution < 1.29 is 19.4 Å². The van der Waals surface area contributed by atoms with E-state index in [9.17, 15) is 4.79 Å². The molecule has 0 saturated carbocycles. The van der Waals surface area contributed by atoms with Gasteiger partial charge in [0.05, 0.1) is 12.0 Å². The number of esters is 1. The second-order valence-corrected chi connectivity index (χ2v) is 6.23. The van der Waals surface area contributed by atoms with Gasteiger partial charge in [0.2, 0.25) is 0 Å². The van der Waals surface area contributed by atoms with E-state index in [0.717, 1.165) is 6.42 Å². The number of carbonyl (C=O) groups excluding carboxylic acids is 1. The first kappa shape index (κ1) is 18.7. The molecule has 0 fully saturated rings. The highest BCUT2D eigenvalue weighted by Gasteiger charge is 2.31. The second kappa shape index (κ2) is 9.59. The van der Waals surface area contributed by atoms with E-state index < -0.39 is 5.41 Å². The molecule has 0 aliphatic carbocycles. The van der Waals surface area contributed by atoms with E-state index in [1.54, 1.807) is 0 Å². The fraction of sp³-hybridized carbons (Fsp3) is 0.611. The molecule has 1 aromatic carbocycles. The molecule has 4 heteroatoms. The monoisotopic (exact) mass is 308 g/mol. The van der Waals surface area contributed by atoms with E-state index in [4.69, 9.17) is 14.6 Å². The molecule has 0 radical (unpaired) electrons. The Morgan fingerprint density at radius 2 is 1.86 bits per heavy atom. The van der Waals surface area contributed by atoms with Crippen LogP contribution in [0.2, 0.25) is 0 Å². The predicted molar refractivity (Wildman–Crippen MR) is 86.7 cm³/mol. The van der Waals surface area contributed by atoms with Gasteiger partial charge in [0.15, 0.2) is 0 Å². The number of rotatable bonds is 10. The lowest BCUT2D eigenvalue weighted by atomic mass is 9.81. The van der Waals surface area contributed by atoms with Crippen LogP contribution >= 0.6 is 0 Å². The number of carbonyl (C=O) groups is 1. The van der Waals surface area contributed by atoms with E-state index >= 15 is 0 Å². The first-order valence-electron chi connectivity index (χ1n) is 7.88. The fourth-order valence-electron chi connectivity index (χ4n) is 2.41. The highest BCUT2D eigenvalue weighted by atomic mass is 16.6. The molecule has 0 aliphatic rings. The zero-order valence-electron chi connectivity index (χ0n) is 13.9. The van der Waals surface area contributed by atoms with Crippen LogP contribution < -0.4 is 0 Å². The third-order valence-corrected chi connectivity index (χ3v) is 3.65. The van der Waals surface area contributed by atoms with Crippen molar-refractivity contribution in [3.8, 4) is 0 Å². The Hall–Kier alpha value is -1.39. The number of benzene rings is 1. The van der Waals surface area contributed by atoms with Crippen LogP contribution in [0.25, 0.3) is 0 Å². The van der Waals surface area contributed by atoms with E-state index in [1.807, 2.05) is 32.0 Å². The van der Waals surface area contributed by atoms with Gasteiger partial charge in [-0.1, -0.05) is 37.3 Å². The summed E-state index contributed by atoms with van der Waals surface area (Å²) in [6, 6.07) is 10.2. The lowest BCUT2D eigenvalue weighted by Gasteiger charge is -2.26. The highest BCUT2D eigenvalue weighted by molar-refractivity contribution is 5.76. The van der Waals surface area contributed by atoms with Gasteiger partial charge in [-0.3, -0.25) is 4.79 Å². The maximum absolute atomic E-state index is 12.2. The summed E-state index contributed by atoms with van der Waals surface area (Å²) in [5.74, 6) is 0.102. The second-order valence-electron chi connectivity index (χ2n) is 6.23. The van der Waals surface area contributed by atoms with Crippen molar-refractivity contribution in [3.63, 3.8) is 0 Å². The topological polar surface area (TPSA) is 55.8 Å². The Kier molecular flexibility index (Phi) is 8.13. The van der Waals surface area contributed by atoms with Gasteiger partial charge in [-0.05, 0) is 38.2 Å². The van der Waals surface area contributed by atoms with Crippen LogP contribution in [0.15, 0.2) is 30.3 Å². The summed E-state index contributed by atoms with van der Waals surface area (Å²) >= 11 is 0. The molecular formula is C18H28O4. The Labute approximate surface area is 133 Å². The first-order valence-corrected chi connectivity index (χ1v) is 7.88. The molecule has 1 atom stereocenters. The highest BCUT2D eigenvalue weighted by Crippen LogP contribution is 2.32. The maximum atomic E-state index is 12.2. The van der Waals surface area contributed by atoms with Crippen LogP contribution in [0.1, 0.15) is 45.1 Å². The standard InChI is InChI=1S/C18H28O4/c1-15(16-8-5-4-6-9-16)14-18(2,3)17(20)22-13-12-21-11-7-10-19/h4-6,8-9,15,19H,7,10-14H2,1-3H3. The molecule has 1 unspecified atom stereocenters. The third kappa shape index (κ3) is 6.58. The number of aliphatic hydroxyl groups excluding tert-OH is 1. The molecule has 1 aromatic rings. The quantitative estimate of drug-likeness (QED) is 0.533. The third-order valence-electron chi connectivity index (χ3n) is 3.65. The van der Waals surface area contributed by atoms with Crippen molar-refractivity contribution in [1.29, 1.82) is 0 Å². The maximum Gasteiger partial charge on any atom is 0.311 e. The van der Waals surface area contributed by atoms with Gasteiger partial charge >= 0.3 is 5.97 Å². The number of hydrogen-bond acceptors (Lipinski definition) is 4. The van der Waals surface area contributed by atoms with Gasteiger partial charge in [-0.25, -0.2) is 0 Å². The van der Waals surface area contributed by atoms with Crippen molar-refractivity contribution >= 4 is 5.97 Å². The lowest BCUT2D eigenvalue weighted by molar-refractivity contribution is -0.156. The van der Waals surface area contributed by atoms with E-state index in [1.165, 1.54) is 5.56 Å². The zero-order valence-corrected chi connectivity index (χ0v) is 13.9. The van der Waals surface area contributed by atoms with Gasteiger partial charge in [0, 0.05) is 13.2 Å². The van der Waals surface area contributed by atoms with Crippen LogP contribution in [0.4, 0.5) is 0 Å². The van der Waals surface area contributed by atoms with Crippen molar-refractivity contribution in [2.24, 2.45) is 5.41 Å². The van der Waals surface area contributed by atoms with E-state index in [0.29, 0.717) is 25.6 Å². The molecule has 0 spiro atoms. The molecule has 0 bridgehead atoms. The van der Waals surface area contributed by atoms with Crippen LogP contribution in [-0.4, -0.2) is 37.5 Å². The van der Waals surface area contributed by atoms with E-state index in [2.05, 4.69) is 19.1 Å². The van der Waals surface area contributed by atoms with Crippen LogP contribution in [0.3, 0.4) is 0 Å². The minimum atomic E-state index is -0.527. The molecule has 4 nitrogen and oxygen atoms in total. The molecule has 1 N–H and O–H groups in total. The van der Waals surface area contributed by atoms with Gasteiger partial charge in [-0.2, -0.15) is 0 Å². The first-order chi connectivity index (χ1) is 10.5. The summed E-state index contributed by atoms with van der Waals surface area (Å²) < 4.78 is 10.5. The molecule has 0 heterocycles. The molecule has 124 valence electrons. The van der Waals surface area contributed by atoms with Crippen molar-refractivity contribution in [1.82, 2.24) is 0 Å². The number of ether oxygens (including phenoxy) is 2. The van der Waals surface area contributed by atoms with Crippen LogP contribution in [-0.2, 0) is 14.3 Å². The minimum absolute atomic E-state index is 0.115. The molecule has 0 amide bonds. The Bertz CT molecular complexity index is 428. The van der Waals surface area contributed by atoms with Crippen molar-refractivity contribution in [2.45, 2.75) is 39.5 Å². The molecular weight excluding hydrogens is 280 g/mol. The summed E-state index contributed by atoms with van der Waals surface area (Å²) in [4.78, 5) is 12.2. The minimum Gasteiger partial charge on any atom is -0.463 e. The molecule has 0 aliphatic heterocycles. The van der Waals surface area contributed by atoms with Crippen LogP contribution in [0.5, 0.6) is 0 Å². The van der Waals surface area contributed by atoms with E-state index in [-0.39, 0.29) is 19.2 Å². The van der Waals surface area contributed by atoms with Crippen molar-refractivity contribution in [3.05, 3.63) is 35.9 Å². The number of hydrogen-bond donors (Lipinski definition) is 1. The Balaban J connectivity index is 2.36. The average Bonchev–Trinajstić information content (AvgIpc) is 2.51. The number of aliphatic hydroxyl groups is 1. The van der Waals surface area contributed by atoms with Crippen molar-refractivity contribution in [2.75, 3.05) is 26.4 Å². The van der Waals surface area contributed by atoms with Gasteiger partial charge in [0.25, 0.3) is 0 Å². The van der Waals surface area contributed by atoms with Gasteiger partial charge in [-0.15, -0.1) is 0 Å². The summed E-state index contributed by atoms with van der Waals surface area (Å²) in [6.45, 7) is 7.20. The molecule has 1 rings (SSSR count). The fourth-order valence-corrected chi connectivity index (χ4v) is 2.41. The van der Waals surface area contributed by atoms with Crippen LogP contribution in [0, 0.1) is 5.41 Å². The summed E-state index contributed by atoms with van der Waals surface area (Å²) in [7, 11) is 0. The lowest BCUT2D eigenvalue weighted by Crippen LogP contribution is -2.29. The normalized spacial score (nSPS) is 12.9. The molecule has 0 aromatic heterocycles. The molecule has 22 heavy (non-hydrogen) atoms. The summed E-state index contributed by atoms with van der Waals surface area (Å²) in [5.41, 5.74) is 0.705. The largest absolute Gasteiger partial charge is 0.463 e. The Morgan fingerprint density at radius 1 is 1.18 bits per heavy atom. The van der Waals surface area contributed by atoms with Gasteiger partial charge < -0.3 is 14.6 Å². The zero-order chi connectivity index (χ0) is 16.4. The predicted octanol–water partition coefficient (Wildman–Crippen LogP) is 3.15.